The summed E-state index contributed by atoms with van der Waals surface area (Å²) in [4.78, 5) is 11.3. The molecule has 1 N–H and O–H groups in total. The number of carbonyl (C=O) groups excluding carboxylic acids is 1. The quantitative estimate of drug-likeness (QED) is 0.803. The number of methoxy groups -OCH3 is 1. The van der Waals surface area contributed by atoms with Crippen LogP contribution in [0.15, 0.2) is 24.3 Å². The molecule has 0 heterocycles. The van der Waals surface area contributed by atoms with Gasteiger partial charge in [-0.1, -0.05) is 19.1 Å². The molecule has 88 valence electrons. The van der Waals surface area contributed by atoms with E-state index >= 15 is 0 Å². The maximum atomic E-state index is 11.3. The second-order valence-corrected chi connectivity index (χ2v) is 3.33. The molecule has 0 radical (unpaired) electrons. The highest BCUT2D eigenvalue weighted by Crippen LogP contribution is 2.23. The van der Waals surface area contributed by atoms with Gasteiger partial charge in [0.25, 0.3) is 0 Å². The summed E-state index contributed by atoms with van der Waals surface area (Å²) in [7, 11) is 1.49. The standard InChI is InChI=1S/C12H17NO3/c1-3-8-16-11-7-5-4-6-10(11)13-12(14)9-15-2/h4-7H,3,8-9H2,1-2H3,(H,13,14). The molecule has 0 aliphatic heterocycles. The van der Waals surface area contributed by atoms with E-state index in [1.54, 1.807) is 6.07 Å². The monoisotopic (exact) mass is 223 g/mol. The summed E-state index contributed by atoms with van der Waals surface area (Å²) < 4.78 is 10.3. The van der Waals surface area contributed by atoms with Gasteiger partial charge in [-0.25, -0.2) is 0 Å². The van der Waals surface area contributed by atoms with Crippen LogP contribution in [0.3, 0.4) is 0 Å². The van der Waals surface area contributed by atoms with Gasteiger partial charge in [-0.2, -0.15) is 0 Å². The molecule has 1 aromatic carbocycles. The van der Waals surface area contributed by atoms with E-state index in [4.69, 9.17) is 9.47 Å². The minimum Gasteiger partial charge on any atom is -0.491 e. The highest BCUT2D eigenvalue weighted by molar-refractivity contribution is 5.93. The average molecular weight is 223 g/mol. The Morgan fingerprint density at radius 2 is 2.12 bits per heavy atom. The molecular formula is C12H17NO3. The lowest BCUT2D eigenvalue weighted by atomic mass is 10.3. The van der Waals surface area contributed by atoms with Gasteiger partial charge in [-0.05, 0) is 18.6 Å². The van der Waals surface area contributed by atoms with Gasteiger partial charge in [0, 0.05) is 7.11 Å². The molecule has 4 heteroatoms. The van der Waals surface area contributed by atoms with Crippen molar-refractivity contribution in [1.82, 2.24) is 0 Å². The topological polar surface area (TPSA) is 47.6 Å². The second-order valence-electron chi connectivity index (χ2n) is 3.33. The molecule has 16 heavy (non-hydrogen) atoms. The van der Waals surface area contributed by atoms with Gasteiger partial charge in [-0.15, -0.1) is 0 Å². The summed E-state index contributed by atoms with van der Waals surface area (Å²) >= 11 is 0. The van der Waals surface area contributed by atoms with Gasteiger partial charge in [-0.3, -0.25) is 4.79 Å². The fraction of sp³-hybridized carbons (Fsp3) is 0.417. The highest BCUT2D eigenvalue weighted by atomic mass is 16.5. The Morgan fingerprint density at radius 3 is 2.81 bits per heavy atom. The molecule has 1 rings (SSSR count). The lowest BCUT2D eigenvalue weighted by Gasteiger charge is -2.11. The minimum absolute atomic E-state index is 0.0438. The highest BCUT2D eigenvalue weighted by Gasteiger charge is 2.06. The molecule has 0 aliphatic rings. The first-order valence-corrected chi connectivity index (χ1v) is 5.28. The van der Waals surface area contributed by atoms with E-state index in [1.807, 2.05) is 25.1 Å². The zero-order chi connectivity index (χ0) is 11.8. The molecule has 0 saturated carbocycles. The Bertz CT molecular complexity index is 339. The number of hydrogen-bond donors (Lipinski definition) is 1. The van der Waals surface area contributed by atoms with Gasteiger partial charge < -0.3 is 14.8 Å². The van der Waals surface area contributed by atoms with Crippen LogP contribution in [0.2, 0.25) is 0 Å². The normalized spacial score (nSPS) is 9.88. The Kier molecular flexibility index (Phi) is 5.36. The maximum Gasteiger partial charge on any atom is 0.250 e. The van der Waals surface area contributed by atoms with E-state index in [9.17, 15) is 4.79 Å². The molecule has 0 aliphatic carbocycles. The van der Waals surface area contributed by atoms with Crippen LogP contribution in [0, 0.1) is 0 Å². The summed E-state index contributed by atoms with van der Waals surface area (Å²) in [6, 6.07) is 7.36. The molecule has 0 fully saturated rings. The van der Waals surface area contributed by atoms with Crippen molar-refractivity contribution in [3.8, 4) is 5.75 Å². The largest absolute Gasteiger partial charge is 0.491 e. The SMILES string of the molecule is CCCOc1ccccc1NC(=O)COC. The van der Waals surface area contributed by atoms with Crippen LogP contribution < -0.4 is 10.1 Å². The van der Waals surface area contributed by atoms with Gasteiger partial charge >= 0.3 is 0 Å². The molecular weight excluding hydrogens is 206 g/mol. The number of rotatable bonds is 6. The fourth-order valence-electron chi connectivity index (χ4n) is 1.23. The number of benzene rings is 1. The van der Waals surface area contributed by atoms with E-state index in [0.29, 0.717) is 18.0 Å². The first-order valence-electron chi connectivity index (χ1n) is 5.28. The molecule has 0 bridgehead atoms. The molecule has 4 nitrogen and oxygen atoms in total. The summed E-state index contributed by atoms with van der Waals surface area (Å²) in [6.45, 7) is 2.71. The number of ether oxygens (including phenoxy) is 2. The predicted octanol–water partition coefficient (Wildman–Crippen LogP) is 2.06. The maximum absolute atomic E-state index is 11.3. The van der Waals surface area contributed by atoms with Crippen LogP contribution in [0.4, 0.5) is 5.69 Å². The molecule has 0 spiro atoms. The second kappa shape index (κ2) is 6.85. The van der Waals surface area contributed by atoms with Crippen molar-refractivity contribution in [1.29, 1.82) is 0 Å². The summed E-state index contributed by atoms with van der Waals surface area (Å²) in [5, 5.41) is 2.73. The number of hydrogen-bond acceptors (Lipinski definition) is 3. The first-order chi connectivity index (χ1) is 7.77. The zero-order valence-corrected chi connectivity index (χ0v) is 9.66. The zero-order valence-electron chi connectivity index (χ0n) is 9.66. The minimum atomic E-state index is -0.185. The van der Waals surface area contributed by atoms with Gasteiger partial charge in [0.2, 0.25) is 5.91 Å². The Balaban J connectivity index is 2.66. The van der Waals surface area contributed by atoms with Gasteiger partial charge in [0.15, 0.2) is 0 Å². The van der Waals surface area contributed by atoms with Crippen molar-refractivity contribution >= 4 is 11.6 Å². The number of anilines is 1. The van der Waals surface area contributed by atoms with Crippen molar-refractivity contribution in [2.45, 2.75) is 13.3 Å². The third kappa shape index (κ3) is 3.90. The van der Waals surface area contributed by atoms with E-state index < -0.39 is 0 Å². The van der Waals surface area contributed by atoms with Crippen molar-refractivity contribution in [3.05, 3.63) is 24.3 Å². The Hall–Kier alpha value is -1.55. The number of para-hydroxylation sites is 2. The summed E-state index contributed by atoms with van der Waals surface area (Å²) in [5.74, 6) is 0.504. The molecule has 1 amide bonds. The van der Waals surface area contributed by atoms with E-state index in [1.165, 1.54) is 7.11 Å². The number of carbonyl (C=O) groups is 1. The Morgan fingerprint density at radius 1 is 1.38 bits per heavy atom. The van der Waals surface area contributed by atoms with Crippen molar-refractivity contribution in [2.75, 3.05) is 25.6 Å². The molecule has 0 atom stereocenters. The Labute approximate surface area is 95.6 Å². The third-order valence-electron chi connectivity index (χ3n) is 1.90. The van der Waals surface area contributed by atoms with Gasteiger partial charge in [0.1, 0.15) is 12.4 Å². The van der Waals surface area contributed by atoms with Gasteiger partial charge in [0.05, 0.1) is 12.3 Å². The average Bonchev–Trinajstić information content (AvgIpc) is 2.28. The predicted molar refractivity (Wildman–Crippen MR) is 62.7 cm³/mol. The summed E-state index contributed by atoms with van der Waals surface area (Å²) in [6.07, 6.45) is 0.931. The summed E-state index contributed by atoms with van der Waals surface area (Å²) in [5.41, 5.74) is 0.679. The molecule has 1 aromatic rings. The van der Waals surface area contributed by atoms with Crippen LogP contribution in [-0.2, 0) is 9.53 Å². The van der Waals surface area contributed by atoms with E-state index in [0.717, 1.165) is 6.42 Å². The van der Waals surface area contributed by atoms with Crippen LogP contribution in [-0.4, -0.2) is 26.2 Å². The van der Waals surface area contributed by atoms with E-state index in [-0.39, 0.29) is 12.5 Å². The molecule has 0 saturated heterocycles. The lowest BCUT2D eigenvalue weighted by Crippen LogP contribution is -2.17. The van der Waals surface area contributed by atoms with Crippen molar-refractivity contribution in [3.63, 3.8) is 0 Å². The van der Waals surface area contributed by atoms with Crippen LogP contribution in [0.1, 0.15) is 13.3 Å². The third-order valence-corrected chi connectivity index (χ3v) is 1.90. The van der Waals surface area contributed by atoms with Crippen LogP contribution >= 0.6 is 0 Å². The van der Waals surface area contributed by atoms with Crippen LogP contribution in [0.25, 0.3) is 0 Å². The first kappa shape index (κ1) is 12.5. The molecule has 0 unspecified atom stereocenters. The lowest BCUT2D eigenvalue weighted by molar-refractivity contribution is -0.119. The number of amides is 1. The van der Waals surface area contributed by atoms with E-state index in [2.05, 4.69) is 5.32 Å². The molecule has 0 aromatic heterocycles. The van der Waals surface area contributed by atoms with Crippen molar-refractivity contribution in [2.24, 2.45) is 0 Å². The van der Waals surface area contributed by atoms with Crippen LogP contribution in [0.5, 0.6) is 5.75 Å². The van der Waals surface area contributed by atoms with Crippen molar-refractivity contribution < 1.29 is 14.3 Å². The smallest absolute Gasteiger partial charge is 0.250 e. The number of nitrogens with one attached hydrogen (secondary N) is 1. The fourth-order valence-corrected chi connectivity index (χ4v) is 1.23.